The first kappa shape index (κ1) is 17.6. The number of hydrogen-bond acceptors (Lipinski definition) is 3. The van der Waals surface area contributed by atoms with Gasteiger partial charge in [0.2, 0.25) is 0 Å². The van der Waals surface area contributed by atoms with Crippen LogP contribution in [0, 0.1) is 0 Å². The van der Waals surface area contributed by atoms with Crippen LogP contribution in [-0.4, -0.2) is 17.0 Å². The van der Waals surface area contributed by atoms with E-state index in [0.717, 1.165) is 22.4 Å². The normalized spacial score (nSPS) is 14.2. The Kier molecular flexibility index (Phi) is 3.99. The summed E-state index contributed by atoms with van der Waals surface area (Å²) in [6.45, 7) is 4.61. The zero-order valence-corrected chi connectivity index (χ0v) is 16.9. The van der Waals surface area contributed by atoms with Crippen LogP contribution in [0.2, 0.25) is 0 Å². The maximum atomic E-state index is 4.82. The first-order valence-electron chi connectivity index (χ1n) is 9.91. The zero-order chi connectivity index (χ0) is 20.0. The van der Waals surface area contributed by atoms with E-state index in [0.29, 0.717) is 0 Å². The van der Waals surface area contributed by atoms with E-state index in [-0.39, 0.29) is 5.41 Å². The molecule has 29 heavy (non-hydrogen) atoms. The monoisotopic (exact) mass is 377 g/mol. The number of fused-ring (bicyclic) bond motifs is 2. The van der Waals surface area contributed by atoms with Crippen LogP contribution in [0.1, 0.15) is 25.0 Å². The summed E-state index contributed by atoms with van der Waals surface area (Å²) in [4.78, 5) is 11.2. The van der Waals surface area contributed by atoms with Crippen LogP contribution in [0.25, 0.3) is 22.4 Å². The summed E-state index contributed by atoms with van der Waals surface area (Å²) in [5.41, 5.74) is 9.48. The number of benzene rings is 2. The molecule has 3 nitrogen and oxygen atoms in total. The Hall–Kier alpha value is -3.46. The van der Waals surface area contributed by atoms with Gasteiger partial charge in [-0.05, 0) is 41.0 Å². The summed E-state index contributed by atoms with van der Waals surface area (Å²) in [6.07, 6.45) is 5.57. The van der Waals surface area contributed by atoms with Crippen LogP contribution in [0.15, 0.2) is 85.3 Å². The van der Waals surface area contributed by atoms with Gasteiger partial charge in [-0.2, -0.15) is 0 Å². The van der Waals surface area contributed by atoms with E-state index in [2.05, 4.69) is 85.4 Å². The highest BCUT2D eigenvalue weighted by Crippen LogP contribution is 2.51. The molecule has 0 N–H and O–H groups in total. The molecule has 2 aromatic carbocycles. The predicted molar refractivity (Wildman–Crippen MR) is 120 cm³/mol. The fourth-order valence-electron chi connectivity index (χ4n) is 4.44. The van der Waals surface area contributed by atoms with Crippen molar-refractivity contribution in [1.82, 2.24) is 9.97 Å². The molecule has 0 unspecified atom stereocenters. The van der Waals surface area contributed by atoms with Crippen LogP contribution in [0.5, 0.6) is 0 Å². The maximum absolute atomic E-state index is 4.82. The van der Waals surface area contributed by atoms with Crippen LogP contribution in [0.3, 0.4) is 0 Å². The predicted octanol–water partition coefficient (Wildman–Crippen LogP) is 6.22. The summed E-state index contributed by atoms with van der Waals surface area (Å²) in [6, 6.07) is 23.5. The van der Waals surface area contributed by atoms with Gasteiger partial charge in [-0.15, -0.1) is 0 Å². The number of rotatable bonds is 2. The van der Waals surface area contributed by atoms with E-state index in [1.807, 2.05) is 30.7 Å². The number of hydrogen-bond donors (Lipinski definition) is 0. The number of nitrogens with zero attached hydrogens (tertiary/aromatic N) is 3. The van der Waals surface area contributed by atoms with Gasteiger partial charge in [0.05, 0.1) is 11.4 Å². The quantitative estimate of drug-likeness (QED) is 0.415. The van der Waals surface area contributed by atoms with E-state index in [4.69, 9.17) is 4.98 Å². The zero-order valence-electron chi connectivity index (χ0n) is 16.9. The molecule has 1 aliphatic rings. The van der Waals surface area contributed by atoms with Crippen molar-refractivity contribution in [3.05, 3.63) is 96.4 Å². The average Bonchev–Trinajstić information content (AvgIpc) is 2.78. The molecule has 4 aromatic rings. The molecule has 2 aromatic heterocycles. The Labute approximate surface area is 171 Å². The molecule has 0 fully saturated rings. The van der Waals surface area contributed by atoms with Crippen molar-refractivity contribution in [2.24, 2.45) is 0 Å². The lowest BCUT2D eigenvalue weighted by atomic mass is 9.73. The summed E-state index contributed by atoms with van der Waals surface area (Å²) in [7, 11) is 2.15. The summed E-state index contributed by atoms with van der Waals surface area (Å²) < 4.78 is 0. The van der Waals surface area contributed by atoms with E-state index < -0.39 is 0 Å². The van der Waals surface area contributed by atoms with Gasteiger partial charge in [0.15, 0.2) is 0 Å². The lowest BCUT2D eigenvalue weighted by molar-refractivity contribution is 0.630. The van der Waals surface area contributed by atoms with E-state index in [9.17, 15) is 0 Å². The highest BCUT2D eigenvalue weighted by atomic mass is 15.1. The minimum Gasteiger partial charge on any atom is -0.344 e. The summed E-state index contributed by atoms with van der Waals surface area (Å²) in [5, 5.41) is 0. The SMILES string of the molecule is CN1c2ccccc2C(C)(C)c2cccc(-c3ccc(-c4ccncc4)cn3)c21. The first-order chi connectivity index (χ1) is 14.1. The van der Waals surface area contributed by atoms with Crippen molar-refractivity contribution in [2.45, 2.75) is 19.3 Å². The lowest BCUT2D eigenvalue weighted by Crippen LogP contribution is -2.31. The molecule has 3 heteroatoms. The van der Waals surface area contributed by atoms with Crippen molar-refractivity contribution in [1.29, 1.82) is 0 Å². The molecule has 1 aliphatic heterocycles. The number of anilines is 2. The maximum Gasteiger partial charge on any atom is 0.0723 e. The highest BCUT2D eigenvalue weighted by molar-refractivity contribution is 5.88. The minimum atomic E-state index is -0.0641. The third kappa shape index (κ3) is 2.73. The lowest BCUT2D eigenvalue weighted by Gasteiger charge is -2.41. The van der Waals surface area contributed by atoms with Gasteiger partial charge in [-0.25, -0.2) is 0 Å². The van der Waals surface area contributed by atoms with Crippen LogP contribution in [-0.2, 0) is 5.41 Å². The van der Waals surface area contributed by atoms with Gasteiger partial charge in [0, 0.05) is 47.9 Å². The Bertz CT molecular complexity index is 1180. The minimum absolute atomic E-state index is 0.0641. The van der Waals surface area contributed by atoms with Crippen molar-refractivity contribution in [3.8, 4) is 22.4 Å². The molecular formula is C26H23N3. The number of aromatic nitrogens is 2. The highest BCUT2D eigenvalue weighted by Gasteiger charge is 2.36. The molecule has 0 spiro atoms. The van der Waals surface area contributed by atoms with Gasteiger partial charge < -0.3 is 4.90 Å². The van der Waals surface area contributed by atoms with Gasteiger partial charge >= 0.3 is 0 Å². The molecule has 0 atom stereocenters. The first-order valence-corrected chi connectivity index (χ1v) is 9.91. The molecule has 3 heterocycles. The van der Waals surface area contributed by atoms with Crippen molar-refractivity contribution in [3.63, 3.8) is 0 Å². The molecule has 0 bridgehead atoms. The second-order valence-electron chi connectivity index (χ2n) is 8.07. The van der Waals surface area contributed by atoms with Gasteiger partial charge in [-0.3, -0.25) is 9.97 Å². The molecule has 5 rings (SSSR count). The Morgan fingerprint density at radius 3 is 2.28 bits per heavy atom. The van der Waals surface area contributed by atoms with E-state index in [1.165, 1.54) is 22.5 Å². The summed E-state index contributed by atoms with van der Waals surface area (Å²) in [5.74, 6) is 0. The molecule has 0 saturated heterocycles. The second kappa shape index (κ2) is 6.56. The fraction of sp³-hybridized carbons (Fsp3) is 0.154. The number of para-hydroxylation sites is 2. The largest absolute Gasteiger partial charge is 0.344 e. The molecule has 0 radical (unpaired) electrons. The molecular weight excluding hydrogens is 354 g/mol. The molecule has 0 amide bonds. The van der Waals surface area contributed by atoms with Crippen molar-refractivity contribution >= 4 is 11.4 Å². The van der Waals surface area contributed by atoms with Crippen molar-refractivity contribution < 1.29 is 0 Å². The fourth-order valence-corrected chi connectivity index (χ4v) is 4.44. The van der Waals surface area contributed by atoms with E-state index in [1.54, 1.807) is 0 Å². The van der Waals surface area contributed by atoms with Crippen LogP contribution < -0.4 is 4.90 Å². The van der Waals surface area contributed by atoms with E-state index >= 15 is 0 Å². The summed E-state index contributed by atoms with van der Waals surface area (Å²) >= 11 is 0. The van der Waals surface area contributed by atoms with Crippen LogP contribution >= 0.6 is 0 Å². The Balaban J connectivity index is 1.65. The van der Waals surface area contributed by atoms with Crippen molar-refractivity contribution in [2.75, 3.05) is 11.9 Å². The Morgan fingerprint density at radius 2 is 1.52 bits per heavy atom. The van der Waals surface area contributed by atoms with Gasteiger partial charge in [-0.1, -0.05) is 56.3 Å². The molecule has 0 saturated carbocycles. The average molecular weight is 377 g/mol. The second-order valence-corrected chi connectivity index (χ2v) is 8.07. The smallest absolute Gasteiger partial charge is 0.0723 e. The van der Waals surface area contributed by atoms with Gasteiger partial charge in [0.25, 0.3) is 0 Å². The topological polar surface area (TPSA) is 29.0 Å². The third-order valence-electron chi connectivity index (χ3n) is 6.04. The van der Waals surface area contributed by atoms with Crippen LogP contribution in [0.4, 0.5) is 11.4 Å². The number of pyridine rings is 2. The third-order valence-corrected chi connectivity index (χ3v) is 6.04. The molecule has 142 valence electrons. The van der Waals surface area contributed by atoms with Gasteiger partial charge in [0.1, 0.15) is 0 Å². The Morgan fingerprint density at radius 1 is 0.759 bits per heavy atom. The molecule has 0 aliphatic carbocycles. The standard InChI is InChI=1S/C26H23N3/c1-26(2)21-8-4-5-10-24(21)29(3)25-20(7-6-9-22(25)26)23-12-11-19(17-28-23)18-13-15-27-16-14-18/h4-17H,1-3H3.